The molecule has 0 saturated carbocycles. The lowest BCUT2D eigenvalue weighted by Gasteiger charge is -2.22. The van der Waals surface area contributed by atoms with Crippen molar-refractivity contribution in [1.29, 1.82) is 0 Å². The number of hydrogen-bond donors (Lipinski definition) is 0. The first-order valence-corrected chi connectivity index (χ1v) is 9.88. The molecule has 0 radical (unpaired) electrons. The van der Waals surface area contributed by atoms with E-state index in [1.54, 1.807) is 11.0 Å². The summed E-state index contributed by atoms with van der Waals surface area (Å²) < 4.78 is 16.8. The molecular weight excluding hydrogens is 365 g/mol. The minimum atomic E-state index is -0.260. The predicted octanol–water partition coefficient (Wildman–Crippen LogP) is 2.71. The van der Waals surface area contributed by atoms with Crippen molar-refractivity contribution >= 4 is 18.1 Å². The number of benzene rings is 2. The molecule has 1 aliphatic carbocycles. The highest BCUT2D eigenvalue weighted by Crippen LogP contribution is 2.31. The average Bonchev–Trinajstić information content (AvgIpc) is 3.23. The quantitative estimate of drug-likeness (QED) is 0.693. The van der Waals surface area contributed by atoms with E-state index in [-0.39, 0.29) is 30.1 Å². The third-order valence-corrected chi connectivity index (χ3v) is 6.08. The summed E-state index contributed by atoms with van der Waals surface area (Å²) >= 11 is 0. The molecule has 2 aliphatic rings. The topological polar surface area (TPSA) is 38.1 Å². The van der Waals surface area contributed by atoms with Crippen molar-refractivity contribution in [2.24, 2.45) is 13.0 Å². The largest absolute Gasteiger partial charge is 0.330 e. The molecule has 0 spiro atoms. The minimum Gasteiger partial charge on any atom is -0.330 e. The van der Waals surface area contributed by atoms with E-state index in [1.807, 2.05) is 54.3 Å². The Labute approximate surface area is 168 Å². The summed E-state index contributed by atoms with van der Waals surface area (Å²) in [6.07, 6.45) is 6.22. The van der Waals surface area contributed by atoms with Gasteiger partial charge in [-0.3, -0.25) is 9.48 Å². The molecular formula is C24H22FN3O. The highest BCUT2D eigenvalue weighted by Gasteiger charge is 2.27. The summed E-state index contributed by atoms with van der Waals surface area (Å²) in [6, 6.07) is 13.0. The van der Waals surface area contributed by atoms with Gasteiger partial charge in [0.15, 0.2) is 0 Å². The van der Waals surface area contributed by atoms with Crippen molar-refractivity contribution in [2.45, 2.75) is 25.9 Å². The van der Waals surface area contributed by atoms with E-state index >= 15 is 0 Å². The maximum Gasteiger partial charge on any atom is 0.254 e. The fourth-order valence-corrected chi connectivity index (χ4v) is 4.44. The van der Waals surface area contributed by atoms with Gasteiger partial charge in [0.25, 0.3) is 5.91 Å². The molecule has 2 heterocycles. The number of aromatic nitrogens is 2. The first-order chi connectivity index (χ1) is 14.0. The third-order valence-electron chi connectivity index (χ3n) is 6.08. The Morgan fingerprint density at radius 2 is 2.00 bits per heavy atom. The van der Waals surface area contributed by atoms with E-state index in [4.69, 9.17) is 0 Å². The summed E-state index contributed by atoms with van der Waals surface area (Å²) in [5, 5.41) is 6.51. The molecule has 3 aromatic rings. The molecule has 5 heteroatoms. The van der Waals surface area contributed by atoms with Gasteiger partial charge in [0.2, 0.25) is 0 Å². The Balaban J connectivity index is 1.40. The highest BCUT2D eigenvalue weighted by atomic mass is 19.1. The fraction of sp³-hybridized carbons (Fsp3) is 0.250. The van der Waals surface area contributed by atoms with Gasteiger partial charge in [0.1, 0.15) is 5.82 Å². The van der Waals surface area contributed by atoms with E-state index in [1.165, 1.54) is 0 Å². The van der Waals surface area contributed by atoms with Crippen molar-refractivity contribution in [2.75, 3.05) is 0 Å². The molecule has 0 saturated heterocycles. The van der Waals surface area contributed by atoms with Crippen molar-refractivity contribution in [3.63, 3.8) is 0 Å². The van der Waals surface area contributed by atoms with Gasteiger partial charge in [0, 0.05) is 42.4 Å². The molecule has 29 heavy (non-hydrogen) atoms. The maximum absolute atomic E-state index is 15.0. The van der Waals surface area contributed by atoms with Gasteiger partial charge in [-0.25, -0.2) is 4.39 Å². The third kappa shape index (κ3) is 2.97. The first kappa shape index (κ1) is 17.9. The number of fused-ring (bicyclic) bond motifs is 2. The van der Waals surface area contributed by atoms with Crippen LogP contribution in [0.3, 0.4) is 0 Å². The lowest BCUT2D eigenvalue weighted by Crippen LogP contribution is -2.33. The lowest BCUT2D eigenvalue weighted by atomic mass is 9.83. The van der Waals surface area contributed by atoms with E-state index in [0.29, 0.717) is 12.1 Å². The van der Waals surface area contributed by atoms with E-state index in [9.17, 15) is 9.18 Å². The van der Waals surface area contributed by atoms with Crippen LogP contribution in [0.4, 0.5) is 4.39 Å². The number of rotatable bonds is 3. The van der Waals surface area contributed by atoms with Crippen molar-refractivity contribution in [3.05, 3.63) is 87.3 Å². The standard InChI is InChI=1S/C24H22FN3O/c1-15-9-23-19(12-26-27(23)2)10-21(15)16-7-8-18(22(25)11-16)14-28-13-17-5-3-4-6-20(17)24(28)29/h3-12,15,21H,13-14H2,1-2H3. The second kappa shape index (κ2) is 6.69. The van der Waals surface area contributed by atoms with Gasteiger partial charge in [-0.2, -0.15) is 5.10 Å². The Morgan fingerprint density at radius 3 is 2.79 bits per heavy atom. The zero-order valence-electron chi connectivity index (χ0n) is 16.5. The predicted molar refractivity (Wildman–Crippen MR) is 110 cm³/mol. The van der Waals surface area contributed by atoms with E-state index < -0.39 is 0 Å². The zero-order chi connectivity index (χ0) is 20.1. The Hall–Kier alpha value is -3.21. The van der Waals surface area contributed by atoms with Gasteiger partial charge < -0.3 is 4.90 Å². The molecule has 1 aliphatic heterocycles. The summed E-state index contributed by atoms with van der Waals surface area (Å²) in [5.41, 5.74) is 3.21. The van der Waals surface area contributed by atoms with Gasteiger partial charge in [-0.05, 0) is 29.2 Å². The molecule has 1 amide bonds. The highest BCUT2D eigenvalue weighted by molar-refractivity contribution is 5.98. The van der Waals surface area contributed by atoms with E-state index in [2.05, 4.69) is 24.2 Å². The molecule has 5 rings (SSSR count). The van der Waals surface area contributed by atoms with Crippen molar-refractivity contribution in [3.8, 4) is 0 Å². The van der Waals surface area contributed by atoms with Gasteiger partial charge in [-0.1, -0.05) is 49.4 Å². The van der Waals surface area contributed by atoms with Crippen molar-refractivity contribution in [1.82, 2.24) is 14.7 Å². The fourth-order valence-electron chi connectivity index (χ4n) is 4.44. The zero-order valence-corrected chi connectivity index (χ0v) is 16.5. The second-order valence-electron chi connectivity index (χ2n) is 8.00. The summed E-state index contributed by atoms with van der Waals surface area (Å²) in [6.45, 7) is 2.95. The van der Waals surface area contributed by atoms with Gasteiger partial charge in [-0.15, -0.1) is 0 Å². The van der Waals surface area contributed by atoms with Crippen LogP contribution >= 0.6 is 0 Å². The number of nitrogens with zero attached hydrogens (tertiary/aromatic N) is 3. The first-order valence-electron chi connectivity index (χ1n) is 9.88. The molecule has 0 fully saturated rings. The molecule has 146 valence electrons. The number of hydrogen-bond acceptors (Lipinski definition) is 2. The van der Waals surface area contributed by atoms with E-state index in [0.717, 1.165) is 27.3 Å². The molecule has 2 atom stereocenters. The molecule has 2 unspecified atom stereocenters. The Morgan fingerprint density at radius 1 is 1.17 bits per heavy atom. The number of amides is 1. The second-order valence-corrected chi connectivity index (χ2v) is 8.00. The molecule has 1 aromatic heterocycles. The Bertz CT molecular complexity index is 1240. The minimum absolute atomic E-state index is 0.0305. The van der Waals surface area contributed by atoms with Crippen LogP contribution in [-0.4, -0.2) is 20.6 Å². The average molecular weight is 387 g/mol. The summed E-state index contributed by atoms with van der Waals surface area (Å²) in [4.78, 5) is 14.3. The normalized spacial score (nSPS) is 20.1. The van der Waals surface area contributed by atoms with Crippen LogP contribution in [0.15, 0.2) is 48.7 Å². The summed E-state index contributed by atoms with van der Waals surface area (Å²) in [7, 11) is 1.93. The number of halogens is 1. The number of carbonyl (C=O) groups excluding carboxylic acids is 1. The monoisotopic (exact) mass is 387 g/mol. The van der Waals surface area contributed by atoms with Crippen LogP contribution in [0, 0.1) is 11.7 Å². The number of carbonyl (C=O) groups is 1. The van der Waals surface area contributed by atoms with Crippen LogP contribution in [0.2, 0.25) is 0 Å². The molecule has 4 nitrogen and oxygen atoms in total. The Kier molecular flexibility index (Phi) is 4.12. The maximum atomic E-state index is 15.0. The summed E-state index contributed by atoms with van der Waals surface area (Å²) in [5.74, 6) is 0.0617. The van der Waals surface area contributed by atoms with Crippen LogP contribution in [-0.2, 0) is 20.1 Å². The SMILES string of the molecule is CC1C=c2c(cnn2C)=CC1c1ccc(CN2Cc3ccccc3C2=O)c(F)c1. The molecule has 0 N–H and O–H groups in total. The van der Waals surface area contributed by atoms with Crippen LogP contribution in [0.1, 0.15) is 39.9 Å². The smallest absolute Gasteiger partial charge is 0.254 e. The van der Waals surface area contributed by atoms with Crippen LogP contribution in [0.5, 0.6) is 0 Å². The van der Waals surface area contributed by atoms with Gasteiger partial charge >= 0.3 is 0 Å². The van der Waals surface area contributed by atoms with Crippen molar-refractivity contribution < 1.29 is 9.18 Å². The van der Waals surface area contributed by atoms with Crippen LogP contribution < -0.4 is 10.6 Å². The molecule has 2 aromatic carbocycles. The number of aryl methyl sites for hydroxylation is 1. The van der Waals surface area contributed by atoms with Crippen LogP contribution in [0.25, 0.3) is 12.2 Å². The molecule has 0 bridgehead atoms. The van der Waals surface area contributed by atoms with Gasteiger partial charge in [0.05, 0.1) is 11.5 Å². The lowest BCUT2D eigenvalue weighted by molar-refractivity contribution is 0.0765.